The number of aliphatic carboxylic acids is 1. The summed E-state index contributed by atoms with van der Waals surface area (Å²) in [7, 11) is 1.96. The Morgan fingerprint density at radius 1 is 0.981 bits per heavy atom. The summed E-state index contributed by atoms with van der Waals surface area (Å²) in [4.78, 5) is 17.6. The summed E-state index contributed by atoms with van der Waals surface area (Å²) in [5.41, 5.74) is 7.39. The Kier molecular flexibility index (Phi) is 14.7. The van der Waals surface area contributed by atoms with E-state index in [1.807, 2.05) is 126 Å². The summed E-state index contributed by atoms with van der Waals surface area (Å²) in [5, 5.41) is 19.7. The third kappa shape index (κ3) is 10.4. The van der Waals surface area contributed by atoms with E-state index in [-0.39, 0.29) is 6.61 Å². The molecule has 2 atom stereocenters. The van der Waals surface area contributed by atoms with E-state index in [0.29, 0.717) is 24.5 Å². The Morgan fingerprint density at radius 2 is 1.63 bits per heavy atom. The van der Waals surface area contributed by atoms with Gasteiger partial charge in [0.15, 0.2) is 0 Å². The predicted molar refractivity (Wildman–Crippen MR) is 221 cm³/mol. The van der Waals surface area contributed by atoms with Gasteiger partial charge in [-0.3, -0.25) is 4.79 Å². The zero-order valence-electron chi connectivity index (χ0n) is 33.4. The highest BCUT2D eigenvalue weighted by Gasteiger charge is 2.35. The normalized spacial score (nSPS) is 15.0. The number of aromatic nitrogens is 2. The maximum absolute atomic E-state index is 11.9. The second-order valence-electron chi connectivity index (χ2n) is 13.9. The number of phenols is 1. The largest absolute Gasteiger partial charge is 0.507 e. The van der Waals surface area contributed by atoms with Gasteiger partial charge >= 0.3 is 5.97 Å². The van der Waals surface area contributed by atoms with Gasteiger partial charge in [0, 0.05) is 23.6 Å². The lowest BCUT2D eigenvalue weighted by atomic mass is 9.87. The lowest BCUT2D eigenvalue weighted by Gasteiger charge is -2.37. The van der Waals surface area contributed by atoms with Crippen molar-refractivity contribution in [2.75, 3.05) is 6.61 Å². The molecule has 1 aliphatic heterocycles. The number of carboxylic acid groups (broad SMARTS) is 1. The van der Waals surface area contributed by atoms with Gasteiger partial charge in [0.05, 0.1) is 11.0 Å². The number of phenolic OH excluding ortho intramolecular Hbond substituents is 1. The molecule has 2 N–H and O–H groups in total. The summed E-state index contributed by atoms with van der Waals surface area (Å²) in [6, 6.07) is 23.0. The van der Waals surface area contributed by atoms with Gasteiger partial charge in [-0.05, 0) is 126 Å². The van der Waals surface area contributed by atoms with Gasteiger partial charge in [0.2, 0.25) is 0 Å². The lowest BCUT2D eigenvalue weighted by Crippen LogP contribution is -2.42. The topological polar surface area (TPSA) is 103 Å². The van der Waals surface area contributed by atoms with Gasteiger partial charge in [-0.15, -0.1) is 11.8 Å². The quantitative estimate of drug-likeness (QED) is 0.102. The SMILES string of the molecule is CC.CC=C(C)C.Cc1c(C)c2c(c(C)c1O)CCC(C)(COc1ccc3nc(COc4ccc(CC(Sc5ccccc5)C(=O)O)cc4)n(C)c3c1)O2. The maximum Gasteiger partial charge on any atom is 0.317 e. The molecule has 2 unspecified atom stereocenters. The van der Waals surface area contributed by atoms with Crippen molar-refractivity contribution in [2.24, 2.45) is 7.05 Å². The third-order valence-corrected chi connectivity index (χ3v) is 10.9. The molecular formula is C45H56N2O6S. The van der Waals surface area contributed by atoms with Crippen LogP contribution in [-0.4, -0.2) is 43.2 Å². The molecule has 288 valence electrons. The number of hydrogen-bond acceptors (Lipinski definition) is 7. The standard InChI is InChI=1S/C38H40N2O6S.C5H10.C2H6/c1-23-24(2)36-30(25(3)35(23)41)17-18-38(4,46-36)22-45-28-15-16-31-32(20-28)40(5)34(39-31)21-44-27-13-11-26(12-14-27)19-33(37(42)43)47-29-9-7-6-8-10-29;1-4-5(2)3;1-2/h6-16,20,33,41H,17-19,21-22H2,1-5H3,(H,42,43);4H,1-3H3;1-2H3. The molecule has 0 aliphatic carbocycles. The van der Waals surface area contributed by atoms with Crippen LogP contribution in [0.1, 0.15) is 81.6 Å². The van der Waals surface area contributed by atoms with Crippen molar-refractivity contribution in [1.82, 2.24) is 9.55 Å². The van der Waals surface area contributed by atoms with Crippen LogP contribution in [-0.2, 0) is 31.3 Å². The predicted octanol–water partition coefficient (Wildman–Crippen LogP) is 10.7. The van der Waals surface area contributed by atoms with E-state index in [1.54, 1.807) is 0 Å². The van der Waals surface area contributed by atoms with Crippen LogP contribution in [0.25, 0.3) is 11.0 Å². The number of ether oxygens (including phenoxy) is 3. The fourth-order valence-corrected chi connectivity index (χ4v) is 7.02. The van der Waals surface area contributed by atoms with E-state index in [9.17, 15) is 15.0 Å². The lowest BCUT2D eigenvalue weighted by molar-refractivity contribution is -0.136. The van der Waals surface area contributed by atoms with Crippen LogP contribution in [0.5, 0.6) is 23.0 Å². The minimum Gasteiger partial charge on any atom is -0.507 e. The van der Waals surface area contributed by atoms with Gasteiger partial charge < -0.3 is 29.0 Å². The Balaban J connectivity index is 0.000000858. The van der Waals surface area contributed by atoms with E-state index in [0.717, 1.165) is 73.9 Å². The van der Waals surface area contributed by atoms with Crippen LogP contribution in [0, 0.1) is 20.8 Å². The number of nitrogens with zero attached hydrogens (tertiary/aromatic N) is 2. The van der Waals surface area contributed by atoms with Gasteiger partial charge in [-0.2, -0.15) is 0 Å². The Bertz CT molecular complexity index is 2050. The van der Waals surface area contributed by atoms with Crippen molar-refractivity contribution in [3.8, 4) is 23.0 Å². The number of allylic oxidation sites excluding steroid dienone is 2. The molecule has 8 nitrogen and oxygen atoms in total. The highest BCUT2D eigenvalue weighted by Crippen LogP contribution is 2.43. The van der Waals surface area contributed by atoms with Crippen LogP contribution in [0.3, 0.4) is 0 Å². The van der Waals surface area contributed by atoms with Crippen molar-refractivity contribution >= 4 is 28.8 Å². The molecule has 0 radical (unpaired) electrons. The second kappa shape index (κ2) is 18.9. The molecule has 1 aliphatic rings. The average molecular weight is 753 g/mol. The zero-order chi connectivity index (χ0) is 39.6. The van der Waals surface area contributed by atoms with Crippen molar-refractivity contribution in [3.63, 3.8) is 0 Å². The molecule has 0 saturated heterocycles. The first kappa shape index (κ1) is 41.9. The summed E-state index contributed by atoms with van der Waals surface area (Å²) in [5.74, 6) is 2.58. The van der Waals surface area contributed by atoms with E-state index >= 15 is 0 Å². The molecule has 5 aromatic rings. The third-order valence-electron chi connectivity index (χ3n) is 9.67. The number of thioether (sulfide) groups is 1. The summed E-state index contributed by atoms with van der Waals surface area (Å²) in [6.07, 6.45) is 4.09. The average Bonchev–Trinajstić information content (AvgIpc) is 3.50. The minimum atomic E-state index is -0.834. The zero-order valence-corrected chi connectivity index (χ0v) is 34.3. The number of hydrogen-bond donors (Lipinski definition) is 2. The number of rotatable bonds is 11. The summed E-state index contributed by atoms with van der Waals surface area (Å²) >= 11 is 1.35. The minimum absolute atomic E-state index is 0.279. The number of fused-ring (bicyclic) bond motifs is 2. The highest BCUT2D eigenvalue weighted by atomic mass is 32.2. The number of benzene rings is 4. The fourth-order valence-electron chi connectivity index (χ4n) is 6.00. The van der Waals surface area contributed by atoms with Crippen LogP contribution in [0.2, 0.25) is 0 Å². The first-order valence-corrected chi connectivity index (χ1v) is 19.5. The molecule has 1 aromatic heterocycles. The number of carbonyl (C=O) groups is 1. The molecule has 0 spiro atoms. The monoisotopic (exact) mass is 752 g/mol. The van der Waals surface area contributed by atoms with Gasteiger partial charge in [0.25, 0.3) is 0 Å². The number of imidazole rings is 1. The molecule has 0 fully saturated rings. The van der Waals surface area contributed by atoms with E-state index in [2.05, 4.69) is 26.8 Å². The highest BCUT2D eigenvalue weighted by molar-refractivity contribution is 8.00. The Labute approximate surface area is 325 Å². The number of aromatic hydroxyl groups is 1. The Morgan fingerprint density at radius 3 is 2.26 bits per heavy atom. The van der Waals surface area contributed by atoms with Crippen molar-refractivity contribution < 1.29 is 29.2 Å². The summed E-state index contributed by atoms with van der Waals surface area (Å²) in [6.45, 7) is 18.8. The van der Waals surface area contributed by atoms with Crippen LogP contribution in [0.4, 0.5) is 0 Å². The first-order chi connectivity index (χ1) is 25.8. The van der Waals surface area contributed by atoms with Crippen LogP contribution >= 0.6 is 11.8 Å². The van der Waals surface area contributed by atoms with Crippen molar-refractivity contribution in [1.29, 1.82) is 0 Å². The molecule has 0 bridgehead atoms. The van der Waals surface area contributed by atoms with Crippen LogP contribution in [0.15, 0.2) is 89.3 Å². The molecule has 2 heterocycles. The molecule has 6 rings (SSSR count). The van der Waals surface area contributed by atoms with Gasteiger partial charge in [0.1, 0.15) is 52.9 Å². The van der Waals surface area contributed by atoms with E-state index in [4.69, 9.17) is 19.2 Å². The second-order valence-corrected chi connectivity index (χ2v) is 15.1. The van der Waals surface area contributed by atoms with Crippen molar-refractivity contribution in [3.05, 3.63) is 118 Å². The summed E-state index contributed by atoms with van der Waals surface area (Å²) < 4.78 is 20.9. The smallest absolute Gasteiger partial charge is 0.317 e. The van der Waals surface area contributed by atoms with Gasteiger partial charge in [-0.25, -0.2) is 4.98 Å². The van der Waals surface area contributed by atoms with Crippen molar-refractivity contribution in [2.45, 2.75) is 104 Å². The number of aryl methyl sites for hydroxylation is 1. The fraction of sp³-hybridized carbons (Fsp3) is 0.378. The molecule has 54 heavy (non-hydrogen) atoms. The number of carboxylic acids is 1. The van der Waals surface area contributed by atoms with E-state index < -0.39 is 16.8 Å². The van der Waals surface area contributed by atoms with Crippen LogP contribution < -0.4 is 14.2 Å². The molecule has 9 heteroatoms. The van der Waals surface area contributed by atoms with E-state index in [1.165, 1.54) is 17.3 Å². The molecular weight excluding hydrogens is 697 g/mol. The molecule has 0 saturated carbocycles. The first-order valence-electron chi connectivity index (χ1n) is 18.6. The molecule has 0 amide bonds. The molecule has 4 aromatic carbocycles. The maximum atomic E-state index is 11.9. The Hall–Kier alpha value is -4.89. The van der Waals surface area contributed by atoms with Gasteiger partial charge in [-0.1, -0.05) is 55.8 Å².